The van der Waals surface area contributed by atoms with Crippen molar-refractivity contribution in [2.75, 3.05) is 14.2 Å². The first-order valence-electron chi connectivity index (χ1n) is 8.54. The first-order valence-corrected chi connectivity index (χ1v) is 8.54. The highest BCUT2D eigenvalue weighted by Crippen LogP contribution is 2.38. The first kappa shape index (κ1) is 17.9. The third-order valence-corrected chi connectivity index (χ3v) is 4.60. The van der Waals surface area contributed by atoms with Crippen LogP contribution in [0.2, 0.25) is 0 Å². The number of aliphatic carboxylic acids is 1. The van der Waals surface area contributed by atoms with Crippen LogP contribution in [0.5, 0.6) is 11.5 Å². The summed E-state index contributed by atoms with van der Waals surface area (Å²) in [5.41, 5.74) is 4.60. The number of benzene rings is 2. The number of hydrogen-bond donors (Lipinski definition) is 2. The van der Waals surface area contributed by atoms with Gasteiger partial charge in [-0.1, -0.05) is 32.0 Å². The van der Waals surface area contributed by atoms with Crippen molar-refractivity contribution in [1.29, 1.82) is 0 Å². The molecule has 1 heterocycles. The average Bonchev–Trinajstić information content (AvgIpc) is 2.98. The molecule has 2 aromatic carbocycles. The molecular formula is C21H23NO4. The van der Waals surface area contributed by atoms with E-state index in [4.69, 9.17) is 9.47 Å². The minimum atomic E-state index is -0.859. The third-order valence-electron chi connectivity index (χ3n) is 4.60. The molecule has 0 unspecified atom stereocenters. The van der Waals surface area contributed by atoms with E-state index in [-0.39, 0.29) is 6.42 Å². The maximum Gasteiger partial charge on any atom is 0.307 e. The molecule has 0 spiro atoms. The van der Waals surface area contributed by atoms with Crippen LogP contribution < -0.4 is 9.47 Å². The number of ether oxygens (including phenoxy) is 2. The predicted octanol–water partition coefficient (Wildman–Crippen LogP) is 4.60. The number of aromatic nitrogens is 1. The number of carboxylic acids is 1. The molecule has 26 heavy (non-hydrogen) atoms. The number of carboxylic acid groups (broad SMARTS) is 1. The lowest BCUT2D eigenvalue weighted by Crippen LogP contribution is -2.01. The second-order valence-corrected chi connectivity index (χ2v) is 6.54. The number of methoxy groups -OCH3 is 2. The smallest absolute Gasteiger partial charge is 0.307 e. The van der Waals surface area contributed by atoms with Crippen molar-refractivity contribution < 1.29 is 19.4 Å². The summed E-state index contributed by atoms with van der Waals surface area (Å²) in [6, 6.07) is 11.6. The number of carbonyl (C=O) groups is 1. The van der Waals surface area contributed by atoms with Gasteiger partial charge in [0.15, 0.2) is 11.5 Å². The van der Waals surface area contributed by atoms with E-state index < -0.39 is 5.97 Å². The Kier molecular flexibility index (Phi) is 4.89. The van der Waals surface area contributed by atoms with Crippen molar-refractivity contribution in [1.82, 2.24) is 4.98 Å². The molecule has 136 valence electrons. The Morgan fingerprint density at radius 1 is 1.12 bits per heavy atom. The van der Waals surface area contributed by atoms with Crippen LogP contribution in [0.25, 0.3) is 22.2 Å². The summed E-state index contributed by atoms with van der Waals surface area (Å²) < 4.78 is 10.7. The van der Waals surface area contributed by atoms with E-state index in [1.54, 1.807) is 14.2 Å². The van der Waals surface area contributed by atoms with Gasteiger partial charge in [-0.2, -0.15) is 0 Å². The van der Waals surface area contributed by atoms with Crippen molar-refractivity contribution in [3.05, 3.63) is 47.5 Å². The van der Waals surface area contributed by atoms with Gasteiger partial charge in [-0.25, -0.2) is 0 Å². The number of nitrogens with one attached hydrogen (secondary N) is 1. The normalized spacial score (nSPS) is 11.1. The Morgan fingerprint density at radius 3 is 2.46 bits per heavy atom. The molecule has 0 saturated heterocycles. The van der Waals surface area contributed by atoms with Gasteiger partial charge in [0.25, 0.3) is 0 Å². The molecule has 3 rings (SSSR count). The van der Waals surface area contributed by atoms with Gasteiger partial charge in [0, 0.05) is 16.5 Å². The molecule has 0 aliphatic heterocycles. The quantitative estimate of drug-likeness (QED) is 0.679. The topological polar surface area (TPSA) is 71.6 Å². The van der Waals surface area contributed by atoms with Gasteiger partial charge >= 0.3 is 5.97 Å². The zero-order chi connectivity index (χ0) is 18.8. The molecule has 0 atom stereocenters. The molecule has 5 heteroatoms. The molecule has 0 aliphatic rings. The van der Waals surface area contributed by atoms with Crippen LogP contribution >= 0.6 is 0 Å². The molecule has 0 fully saturated rings. The van der Waals surface area contributed by atoms with Gasteiger partial charge in [-0.3, -0.25) is 4.79 Å². The number of hydrogen-bond acceptors (Lipinski definition) is 3. The van der Waals surface area contributed by atoms with Crippen LogP contribution in [0, 0.1) is 0 Å². The zero-order valence-electron chi connectivity index (χ0n) is 15.4. The van der Waals surface area contributed by atoms with Crippen molar-refractivity contribution in [3.8, 4) is 22.8 Å². The van der Waals surface area contributed by atoms with E-state index in [0.717, 1.165) is 27.7 Å². The summed E-state index contributed by atoms with van der Waals surface area (Å²) >= 11 is 0. The highest BCUT2D eigenvalue weighted by molar-refractivity contribution is 5.96. The van der Waals surface area contributed by atoms with Gasteiger partial charge < -0.3 is 19.6 Å². The number of para-hydroxylation sites is 1. The summed E-state index contributed by atoms with van der Waals surface area (Å²) in [7, 11) is 3.17. The van der Waals surface area contributed by atoms with Crippen molar-refractivity contribution >= 4 is 16.9 Å². The Labute approximate surface area is 152 Å². The highest BCUT2D eigenvalue weighted by atomic mass is 16.5. The van der Waals surface area contributed by atoms with Crippen LogP contribution in [0.4, 0.5) is 0 Å². The lowest BCUT2D eigenvalue weighted by molar-refractivity contribution is -0.136. The first-order chi connectivity index (χ1) is 12.5. The highest BCUT2D eigenvalue weighted by Gasteiger charge is 2.19. The molecule has 1 aromatic heterocycles. The lowest BCUT2D eigenvalue weighted by atomic mass is 9.97. The largest absolute Gasteiger partial charge is 0.493 e. The summed E-state index contributed by atoms with van der Waals surface area (Å²) in [6.07, 6.45) is -0.0504. The van der Waals surface area contributed by atoms with E-state index >= 15 is 0 Å². The fourth-order valence-electron chi connectivity index (χ4n) is 3.35. The second kappa shape index (κ2) is 7.12. The minimum absolute atomic E-state index is 0.0504. The third kappa shape index (κ3) is 3.12. The molecule has 2 N–H and O–H groups in total. The van der Waals surface area contributed by atoms with E-state index in [1.807, 2.05) is 30.3 Å². The number of H-pyrrole nitrogens is 1. The second-order valence-electron chi connectivity index (χ2n) is 6.54. The number of aromatic amines is 1. The molecular weight excluding hydrogens is 330 g/mol. The Bertz CT molecular complexity index is 956. The molecule has 0 bridgehead atoms. The summed E-state index contributed by atoms with van der Waals surface area (Å²) in [6.45, 7) is 4.26. The summed E-state index contributed by atoms with van der Waals surface area (Å²) in [5.74, 6) is 0.708. The SMILES string of the molecule is COc1ccc(-c2[nH]c3c(C(C)C)cccc3c2CC(=O)O)cc1OC. The van der Waals surface area contributed by atoms with Crippen molar-refractivity contribution in [2.45, 2.75) is 26.2 Å². The van der Waals surface area contributed by atoms with Gasteiger partial charge in [0.1, 0.15) is 0 Å². The molecule has 5 nitrogen and oxygen atoms in total. The Balaban J connectivity index is 2.27. The zero-order valence-corrected chi connectivity index (χ0v) is 15.4. The summed E-state index contributed by atoms with van der Waals surface area (Å²) in [4.78, 5) is 14.9. The number of fused-ring (bicyclic) bond motifs is 1. The Hall–Kier alpha value is -2.95. The summed E-state index contributed by atoms with van der Waals surface area (Å²) in [5, 5.41) is 10.4. The predicted molar refractivity (Wildman–Crippen MR) is 102 cm³/mol. The molecule has 0 amide bonds. The molecule has 0 radical (unpaired) electrons. The maximum absolute atomic E-state index is 11.5. The van der Waals surface area contributed by atoms with Crippen LogP contribution in [-0.2, 0) is 11.2 Å². The minimum Gasteiger partial charge on any atom is -0.493 e. The van der Waals surface area contributed by atoms with Crippen molar-refractivity contribution in [3.63, 3.8) is 0 Å². The van der Waals surface area contributed by atoms with E-state index in [9.17, 15) is 9.90 Å². The maximum atomic E-state index is 11.5. The van der Waals surface area contributed by atoms with Gasteiger partial charge in [-0.05, 0) is 35.2 Å². The fourth-order valence-corrected chi connectivity index (χ4v) is 3.35. The van der Waals surface area contributed by atoms with Crippen LogP contribution in [0.3, 0.4) is 0 Å². The molecule has 3 aromatic rings. The van der Waals surface area contributed by atoms with Gasteiger partial charge in [-0.15, -0.1) is 0 Å². The van der Waals surface area contributed by atoms with Crippen LogP contribution in [0.15, 0.2) is 36.4 Å². The van der Waals surface area contributed by atoms with Gasteiger partial charge in [0.2, 0.25) is 0 Å². The van der Waals surface area contributed by atoms with E-state index in [1.165, 1.54) is 5.56 Å². The van der Waals surface area contributed by atoms with Gasteiger partial charge in [0.05, 0.1) is 26.3 Å². The van der Waals surface area contributed by atoms with Crippen LogP contribution in [0.1, 0.15) is 30.9 Å². The molecule has 0 aliphatic carbocycles. The van der Waals surface area contributed by atoms with E-state index in [0.29, 0.717) is 17.4 Å². The molecule has 0 saturated carbocycles. The fraction of sp³-hybridized carbons (Fsp3) is 0.286. The number of rotatable bonds is 6. The van der Waals surface area contributed by atoms with Crippen molar-refractivity contribution in [2.24, 2.45) is 0 Å². The Morgan fingerprint density at radius 2 is 1.85 bits per heavy atom. The van der Waals surface area contributed by atoms with E-state index in [2.05, 4.69) is 24.9 Å². The van der Waals surface area contributed by atoms with Crippen LogP contribution in [-0.4, -0.2) is 30.3 Å². The standard InChI is InChI=1S/C21H23NO4/c1-12(2)14-6-5-7-15-16(11-19(23)24)20(22-21(14)15)13-8-9-17(25-3)18(10-13)26-4/h5-10,12,22H,11H2,1-4H3,(H,23,24). The monoisotopic (exact) mass is 353 g/mol. The average molecular weight is 353 g/mol. The lowest BCUT2D eigenvalue weighted by Gasteiger charge is -2.10.